The molecule has 0 amide bonds. The van der Waals surface area contributed by atoms with Crippen LogP contribution in [0.4, 0.5) is 15.8 Å². The molecule has 0 radical (unpaired) electrons. The molecule has 0 saturated heterocycles. The molecular weight excluding hydrogens is 215 g/mol. The Kier molecular flexibility index (Phi) is 3.93. The van der Waals surface area contributed by atoms with Gasteiger partial charge in [0.25, 0.3) is 0 Å². The number of nitrogens with one attached hydrogen (secondary N) is 1. The number of anilines is 2. The van der Waals surface area contributed by atoms with Crippen LogP contribution in [0.5, 0.6) is 5.75 Å². The first-order chi connectivity index (χ1) is 7.58. The molecular formula is C10H13FN2O3. The number of nitrogen functional groups attached to an aromatic ring is 1. The summed E-state index contributed by atoms with van der Waals surface area (Å²) < 4.78 is 22.7. The Balaban J connectivity index is 2.83. The molecule has 0 unspecified atom stereocenters. The zero-order valence-electron chi connectivity index (χ0n) is 9.04. The van der Waals surface area contributed by atoms with Crippen molar-refractivity contribution in [1.82, 2.24) is 0 Å². The maximum atomic E-state index is 13.4. The number of rotatable bonds is 4. The summed E-state index contributed by atoms with van der Waals surface area (Å²) in [4.78, 5) is 10.9. The van der Waals surface area contributed by atoms with Gasteiger partial charge in [-0.25, -0.2) is 4.39 Å². The lowest BCUT2D eigenvalue weighted by molar-refractivity contribution is -0.138. The van der Waals surface area contributed by atoms with Crippen molar-refractivity contribution in [2.24, 2.45) is 0 Å². The van der Waals surface area contributed by atoms with Crippen molar-refractivity contribution in [1.29, 1.82) is 0 Å². The topological polar surface area (TPSA) is 73.6 Å². The summed E-state index contributed by atoms with van der Waals surface area (Å²) in [6.45, 7) is -0.125. The van der Waals surface area contributed by atoms with Gasteiger partial charge in [-0.1, -0.05) is 0 Å². The Morgan fingerprint density at radius 3 is 2.75 bits per heavy atom. The monoisotopic (exact) mass is 228 g/mol. The van der Waals surface area contributed by atoms with Crippen molar-refractivity contribution < 1.29 is 18.7 Å². The fourth-order valence-corrected chi connectivity index (χ4v) is 1.12. The van der Waals surface area contributed by atoms with E-state index in [1.54, 1.807) is 0 Å². The number of ether oxygens (including phenoxy) is 2. The van der Waals surface area contributed by atoms with Crippen LogP contribution in [-0.2, 0) is 9.53 Å². The number of esters is 1. The molecule has 3 N–H and O–H groups in total. The summed E-state index contributed by atoms with van der Waals surface area (Å²) in [6, 6.07) is 2.51. The van der Waals surface area contributed by atoms with Gasteiger partial charge < -0.3 is 20.5 Å². The molecule has 0 saturated carbocycles. The Morgan fingerprint density at radius 1 is 1.50 bits per heavy atom. The summed E-state index contributed by atoms with van der Waals surface area (Å²) in [5.41, 5.74) is 5.83. The van der Waals surface area contributed by atoms with E-state index in [1.165, 1.54) is 20.3 Å². The van der Waals surface area contributed by atoms with E-state index in [0.29, 0.717) is 5.75 Å². The van der Waals surface area contributed by atoms with Gasteiger partial charge in [0, 0.05) is 12.1 Å². The molecule has 0 atom stereocenters. The van der Waals surface area contributed by atoms with Crippen molar-refractivity contribution in [2.75, 3.05) is 31.8 Å². The van der Waals surface area contributed by atoms with E-state index in [1.807, 2.05) is 0 Å². The standard InChI is InChI=1S/C10H13FN2O3/c1-15-9-4-8(6(11)3-7(9)12)13-5-10(14)16-2/h3-4,13H,5,12H2,1-2H3. The molecule has 16 heavy (non-hydrogen) atoms. The van der Waals surface area contributed by atoms with E-state index in [0.717, 1.165) is 6.07 Å². The van der Waals surface area contributed by atoms with Gasteiger partial charge in [0.05, 0.1) is 25.6 Å². The zero-order chi connectivity index (χ0) is 12.1. The molecule has 1 rings (SSSR count). The lowest BCUT2D eigenvalue weighted by Gasteiger charge is -2.10. The van der Waals surface area contributed by atoms with E-state index in [9.17, 15) is 9.18 Å². The number of carbonyl (C=O) groups excluding carboxylic acids is 1. The average molecular weight is 228 g/mol. The largest absolute Gasteiger partial charge is 0.495 e. The molecule has 88 valence electrons. The highest BCUT2D eigenvalue weighted by molar-refractivity contribution is 5.75. The molecule has 0 bridgehead atoms. The van der Waals surface area contributed by atoms with Gasteiger partial charge in [-0.3, -0.25) is 4.79 Å². The Hall–Kier alpha value is -1.98. The summed E-state index contributed by atoms with van der Waals surface area (Å²) in [5.74, 6) is -0.703. The van der Waals surface area contributed by atoms with Crippen molar-refractivity contribution in [3.05, 3.63) is 17.9 Å². The van der Waals surface area contributed by atoms with Gasteiger partial charge in [-0.2, -0.15) is 0 Å². The third-order valence-corrected chi connectivity index (χ3v) is 1.97. The summed E-state index contributed by atoms with van der Waals surface area (Å²) >= 11 is 0. The third kappa shape index (κ3) is 2.75. The summed E-state index contributed by atoms with van der Waals surface area (Å²) in [5, 5.41) is 2.58. The van der Waals surface area contributed by atoms with Crippen LogP contribution in [0.15, 0.2) is 12.1 Å². The Labute approximate surface area is 92.3 Å². The van der Waals surface area contributed by atoms with Crippen LogP contribution in [0.2, 0.25) is 0 Å². The molecule has 0 aliphatic rings. The second kappa shape index (κ2) is 5.20. The van der Waals surface area contributed by atoms with E-state index < -0.39 is 11.8 Å². The molecule has 6 heteroatoms. The number of methoxy groups -OCH3 is 2. The fourth-order valence-electron chi connectivity index (χ4n) is 1.12. The van der Waals surface area contributed by atoms with Crippen LogP contribution >= 0.6 is 0 Å². The maximum Gasteiger partial charge on any atom is 0.325 e. The van der Waals surface area contributed by atoms with Crippen LogP contribution in [0, 0.1) is 5.82 Å². The highest BCUT2D eigenvalue weighted by Gasteiger charge is 2.09. The van der Waals surface area contributed by atoms with Crippen molar-refractivity contribution in [2.45, 2.75) is 0 Å². The number of hydrogen-bond acceptors (Lipinski definition) is 5. The highest BCUT2D eigenvalue weighted by Crippen LogP contribution is 2.27. The molecule has 0 spiro atoms. The van der Waals surface area contributed by atoms with Crippen molar-refractivity contribution >= 4 is 17.3 Å². The predicted molar refractivity (Wildman–Crippen MR) is 57.9 cm³/mol. The number of benzene rings is 1. The zero-order valence-corrected chi connectivity index (χ0v) is 9.04. The first kappa shape index (κ1) is 12.1. The van der Waals surface area contributed by atoms with E-state index in [4.69, 9.17) is 10.5 Å². The highest BCUT2D eigenvalue weighted by atomic mass is 19.1. The number of nitrogens with two attached hydrogens (primary N) is 1. The molecule has 0 aliphatic heterocycles. The normalized spacial score (nSPS) is 9.69. The minimum absolute atomic E-state index is 0.125. The van der Waals surface area contributed by atoms with Gasteiger partial charge in [-0.05, 0) is 0 Å². The molecule has 0 fully saturated rings. The third-order valence-electron chi connectivity index (χ3n) is 1.97. The first-order valence-corrected chi connectivity index (χ1v) is 4.52. The van der Waals surface area contributed by atoms with Gasteiger partial charge in [-0.15, -0.1) is 0 Å². The second-order valence-corrected chi connectivity index (χ2v) is 3.00. The van der Waals surface area contributed by atoms with Crippen LogP contribution in [0.25, 0.3) is 0 Å². The molecule has 1 aromatic carbocycles. The smallest absolute Gasteiger partial charge is 0.325 e. The number of hydrogen-bond donors (Lipinski definition) is 2. The quantitative estimate of drug-likeness (QED) is 0.594. The molecule has 0 aromatic heterocycles. The van der Waals surface area contributed by atoms with E-state index in [-0.39, 0.29) is 17.9 Å². The van der Waals surface area contributed by atoms with E-state index in [2.05, 4.69) is 10.1 Å². The minimum atomic E-state index is -0.554. The van der Waals surface area contributed by atoms with Gasteiger partial charge in [0.2, 0.25) is 0 Å². The summed E-state index contributed by atoms with van der Waals surface area (Å²) in [6.07, 6.45) is 0. The number of halogens is 1. The molecule has 1 aromatic rings. The fraction of sp³-hybridized carbons (Fsp3) is 0.300. The molecule has 5 nitrogen and oxygen atoms in total. The second-order valence-electron chi connectivity index (χ2n) is 3.00. The summed E-state index contributed by atoms with van der Waals surface area (Å²) in [7, 11) is 2.68. The molecule has 0 heterocycles. The van der Waals surface area contributed by atoms with Gasteiger partial charge in [0.1, 0.15) is 18.1 Å². The Morgan fingerprint density at radius 2 is 2.19 bits per heavy atom. The van der Waals surface area contributed by atoms with Crippen molar-refractivity contribution in [3.8, 4) is 5.75 Å². The predicted octanol–water partition coefficient (Wildman–Crippen LogP) is 1.00. The van der Waals surface area contributed by atoms with Crippen LogP contribution in [-0.4, -0.2) is 26.7 Å². The Bertz CT molecular complexity index is 396. The minimum Gasteiger partial charge on any atom is -0.495 e. The lowest BCUT2D eigenvalue weighted by Crippen LogP contribution is -2.15. The van der Waals surface area contributed by atoms with Crippen LogP contribution in [0.1, 0.15) is 0 Å². The van der Waals surface area contributed by atoms with Crippen molar-refractivity contribution in [3.63, 3.8) is 0 Å². The first-order valence-electron chi connectivity index (χ1n) is 4.52. The maximum absolute atomic E-state index is 13.4. The lowest BCUT2D eigenvalue weighted by atomic mass is 10.2. The number of carbonyl (C=O) groups is 1. The average Bonchev–Trinajstić information content (AvgIpc) is 2.27. The molecule has 0 aliphatic carbocycles. The van der Waals surface area contributed by atoms with E-state index >= 15 is 0 Å². The van der Waals surface area contributed by atoms with Crippen LogP contribution < -0.4 is 15.8 Å². The SMILES string of the molecule is COC(=O)CNc1cc(OC)c(N)cc1F. The van der Waals surface area contributed by atoms with Gasteiger partial charge >= 0.3 is 5.97 Å². The van der Waals surface area contributed by atoms with Gasteiger partial charge in [0.15, 0.2) is 0 Å². The van der Waals surface area contributed by atoms with Crippen LogP contribution in [0.3, 0.4) is 0 Å².